The average molecular weight is 282 g/mol. The lowest BCUT2D eigenvalue weighted by Gasteiger charge is -2.35. The van der Waals surface area contributed by atoms with E-state index in [2.05, 4.69) is 5.32 Å². The summed E-state index contributed by atoms with van der Waals surface area (Å²) in [6.07, 6.45) is -4.82. The summed E-state index contributed by atoms with van der Waals surface area (Å²) in [4.78, 5) is 11.5. The van der Waals surface area contributed by atoms with Gasteiger partial charge in [-0.25, -0.2) is 4.79 Å². The normalized spacial score (nSPS) is 28.9. The van der Waals surface area contributed by atoms with E-state index in [4.69, 9.17) is 10.5 Å². The highest BCUT2D eigenvalue weighted by molar-refractivity contribution is 5.68. The van der Waals surface area contributed by atoms with Gasteiger partial charge in [-0.05, 0) is 40.0 Å². The van der Waals surface area contributed by atoms with Gasteiger partial charge in [-0.1, -0.05) is 0 Å². The van der Waals surface area contributed by atoms with Crippen molar-refractivity contribution in [3.63, 3.8) is 0 Å². The Labute approximate surface area is 110 Å². The van der Waals surface area contributed by atoms with Crippen LogP contribution in [0.4, 0.5) is 18.0 Å². The van der Waals surface area contributed by atoms with Crippen molar-refractivity contribution in [3.05, 3.63) is 0 Å². The molecule has 3 unspecified atom stereocenters. The van der Waals surface area contributed by atoms with Crippen LogP contribution in [0.2, 0.25) is 0 Å². The smallest absolute Gasteiger partial charge is 0.407 e. The topological polar surface area (TPSA) is 64.3 Å². The van der Waals surface area contributed by atoms with Gasteiger partial charge in [0.1, 0.15) is 5.60 Å². The molecule has 19 heavy (non-hydrogen) atoms. The van der Waals surface area contributed by atoms with E-state index >= 15 is 0 Å². The summed E-state index contributed by atoms with van der Waals surface area (Å²) in [5.74, 6) is -1.38. The van der Waals surface area contributed by atoms with Crippen molar-refractivity contribution in [2.75, 3.05) is 0 Å². The lowest BCUT2D eigenvalue weighted by atomic mass is 9.82. The summed E-state index contributed by atoms with van der Waals surface area (Å²) in [5.41, 5.74) is 5.07. The van der Waals surface area contributed by atoms with Gasteiger partial charge < -0.3 is 15.8 Å². The molecule has 0 radical (unpaired) electrons. The molecule has 1 aliphatic carbocycles. The zero-order valence-corrected chi connectivity index (χ0v) is 11.4. The van der Waals surface area contributed by atoms with Crippen LogP contribution in [0.25, 0.3) is 0 Å². The van der Waals surface area contributed by atoms with E-state index in [9.17, 15) is 18.0 Å². The van der Waals surface area contributed by atoms with Gasteiger partial charge in [-0.2, -0.15) is 13.2 Å². The quantitative estimate of drug-likeness (QED) is 0.777. The molecule has 4 nitrogen and oxygen atoms in total. The van der Waals surface area contributed by atoms with Crippen molar-refractivity contribution in [1.82, 2.24) is 5.32 Å². The van der Waals surface area contributed by atoms with Crippen LogP contribution in [0, 0.1) is 5.92 Å². The number of alkyl carbamates (subject to hydrolysis) is 1. The van der Waals surface area contributed by atoms with Gasteiger partial charge in [0.15, 0.2) is 0 Å². The standard InChI is InChI=1S/C12H21F3N2O2/c1-11(2,3)19-10(18)17-9-5-4-7(6-8(9)16)12(13,14)15/h7-9H,4-6,16H2,1-3H3,(H,17,18). The molecule has 1 amide bonds. The van der Waals surface area contributed by atoms with Crippen LogP contribution in [0.1, 0.15) is 40.0 Å². The van der Waals surface area contributed by atoms with E-state index in [-0.39, 0.29) is 19.3 Å². The van der Waals surface area contributed by atoms with E-state index in [0.717, 1.165) is 0 Å². The zero-order chi connectivity index (χ0) is 14.8. The lowest BCUT2D eigenvalue weighted by Crippen LogP contribution is -2.53. The first-order valence-corrected chi connectivity index (χ1v) is 6.31. The summed E-state index contributed by atoms with van der Waals surface area (Å²) >= 11 is 0. The number of alkyl halides is 3. The minimum absolute atomic E-state index is 0.0162. The van der Waals surface area contributed by atoms with Gasteiger partial charge in [0.05, 0.1) is 5.92 Å². The summed E-state index contributed by atoms with van der Waals surface area (Å²) in [5, 5.41) is 2.54. The molecule has 1 saturated carbocycles. The molecule has 1 rings (SSSR count). The van der Waals surface area contributed by atoms with Gasteiger partial charge in [0.25, 0.3) is 0 Å². The first-order chi connectivity index (χ1) is 8.49. The number of hydrogen-bond acceptors (Lipinski definition) is 3. The second kappa shape index (κ2) is 5.56. The summed E-state index contributed by atoms with van der Waals surface area (Å²) in [6.45, 7) is 5.15. The maximum Gasteiger partial charge on any atom is 0.407 e. The van der Waals surface area contributed by atoms with Gasteiger partial charge >= 0.3 is 12.3 Å². The number of rotatable bonds is 1. The number of carbonyl (C=O) groups is 1. The number of hydrogen-bond donors (Lipinski definition) is 2. The second-order valence-electron chi connectivity index (χ2n) is 5.97. The molecule has 1 aliphatic rings. The third-order valence-corrected chi connectivity index (χ3v) is 3.06. The summed E-state index contributed by atoms with van der Waals surface area (Å²) < 4.78 is 42.7. The van der Waals surface area contributed by atoms with Crippen LogP contribution >= 0.6 is 0 Å². The Bertz CT molecular complexity index is 326. The molecule has 112 valence electrons. The molecule has 7 heteroatoms. The molecule has 0 aromatic carbocycles. The lowest BCUT2D eigenvalue weighted by molar-refractivity contribution is -0.184. The Hall–Kier alpha value is -0.980. The predicted octanol–water partition coefficient (Wildman–Crippen LogP) is 2.57. The van der Waals surface area contributed by atoms with Crippen molar-refractivity contribution in [2.45, 2.75) is 63.9 Å². The number of halogens is 3. The van der Waals surface area contributed by atoms with E-state index < -0.39 is 35.9 Å². The second-order valence-corrected chi connectivity index (χ2v) is 5.97. The minimum Gasteiger partial charge on any atom is -0.444 e. The van der Waals surface area contributed by atoms with Gasteiger partial charge in [-0.3, -0.25) is 0 Å². The Balaban J connectivity index is 2.48. The molecule has 1 fully saturated rings. The third-order valence-electron chi connectivity index (χ3n) is 3.06. The first-order valence-electron chi connectivity index (χ1n) is 6.31. The van der Waals surface area contributed by atoms with E-state index in [1.165, 1.54) is 0 Å². The monoisotopic (exact) mass is 282 g/mol. The molecule has 0 aromatic rings. The van der Waals surface area contributed by atoms with Crippen molar-refractivity contribution < 1.29 is 22.7 Å². The predicted molar refractivity (Wildman–Crippen MR) is 64.5 cm³/mol. The number of amides is 1. The van der Waals surface area contributed by atoms with E-state index in [1.54, 1.807) is 20.8 Å². The van der Waals surface area contributed by atoms with Crippen LogP contribution in [-0.2, 0) is 4.74 Å². The number of carbonyl (C=O) groups excluding carboxylic acids is 1. The Morgan fingerprint density at radius 3 is 2.26 bits per heavy atom. The molecule has 0 saturated heterocycles. The first kappa shape index (κ1) is 16.1. The maximum absolute atomic E-state index is 12.6. The number of nitrogens with one attached hydrogen (secondary N) is 1. The third kappa shape index (κ3) is 5.26. The van der Waals surface area contributed by atoms with Gasteiger partial charge in [0.2, 0.25) is 0 Å². The van der Waals surface area contributed by atoms with Crippen LogP contribution in [0.5, 0.6) is 0 Å². The molecular weight excluding hydrogens is 261 g/mol. The minimum atomic E-state index is -4.21. The number of nitrogens with two attached hydrogens (primary N) is 1. The van der Waals surface area contributed by atoms with Crippen LogP contribution in [0.3, 0.4) is 0 Å². The molecule has 0 bridgehead atoms. The van der Waals surface area contributed by atoms with Crippen molar-refractivity contribution in [2.24, 2.45) is 11.7 Å². The van der Waals surface area contributed by atoms with Crippen molar-refractivity contribution in [1.29, 1.82) is 0 Å². The fourth-order valence-electron chi connectivity index (χ4n) is 2.14. The highest BCUT2D eigenvalue weighted by Crippen LogP contribution is 2.37. The summed E-state index contributed by atoms with van der Waals surface area (Å²) in [7, 11) is 0. The SMILES string of the molecule is CC(C)(C)OC(=O)NC1CCC(C(F)(F)F)CC1N. The highest BCUT2D eigenvalue weighted by Gasteiger charge is 2.44. The van der Waals surface area contributed by atoms with Crippen molar-refractivity contribution >= 4 is 6.09 Å². The fraction of sp³-hybridized carbons (Fsp3) is 0.917. The summed E-state index contributed by atoms with van der Waals surface area (Å²) in [6, 6.07) is -1.17. The molecule has 0 spiro atoms. The highest BCUT2D eigenvalue weighted by atomic mass is 19.4. The molecule has 3 atom stereocenters. The Kier molecular flexibility index (Phi) is 4.71. The van der Waals surface area contributed by atoms with E-state index in [0.29, 0.717) is 0 Å². The largest absolute Gasteiger partial charge is 0.444 e. The Morgan fingerprint density at radius 1 is 1.26 bits per heavy atom. The fourth-order valence-corrected chi connectivity index (χ4v) is 2.14. The molecular formula is C12H21F3N2O2. The molecule has 3 N–H and O–H groups in total. The molecule has 0 aromatic heterocycles. The molecule has 0 heterocycles. The zero-order valence-electron chi connectivity index (χ0n) is 11.4. The number of ether oxygens (including phenoxy) is 1. The average Bonchev–Trinajstić information content (AvgIpc) is 2.16. The van der Waals surface area contributed by atoms with Crippen molar-refractivity contribution in [3.8, 4) is 0 Å². The van der Waals surface area contributed by atoms with Gasteiger partial charge in [-0.15, -0.1) is 0 Å². The van der Waals surface area contributed by atoms with Crippen LogP contribution in [0.15, 0.2) is 0 Å². The van der Waals surface area contributed by atoms with E-state index in [1.807, 2.05) is 0 Å². The maximum atomic E-state index is 12.6. The Morgan fingerprint density at radius 2 is 1.84 bits per heavy atom. The molecule has 0 aliphatic heterocycles. The van der Waals surface area contributed by atoms with Gasteiger partial charge in [0, 0.05) is 12.1 Å². The van der Waals surface area contributed by atoms with Crippen LogP contribution < -0.4 is 11.1 Å². The van der Waals surface area contributed by atoms with Crippen LogP contribution in [-0.4, -0.2) is 30.0 Å².